The molecule has 0 aliphatic heterocycles. The lowest BCUT2D eigenvalue weighted by molar-refractivity contribution is -0.121. The maximum Gasteiger partial charge on any atom is 0.264 e. The van der Waals surface area contributed by atoms with Gasteiger partial charge in [-0.05, 0) is 41.9 Å². The van der Waals surface area contributed by atoms with Crippen molar-refractivity contribution in [1.82, 2.24) is 5.32 Å². The summed E-state index contributed by atoms with van der Waals surface area (Å²) in [6, 6.07) is 22.3. The van der Waals surface area contributed by atoms with Crippen molar-refractivity contribution in [2.24, 2.45) is 0 Å². The average Bonchev–Trinajstić information content (AvgIpc) is 2.66. The normalized spacial score (nSPS) is 9.96. The number of thiocarbonyl (C=S) groups is 1. The minimum absolute atomic E-state index is 0.145. The number of nitrogens with zero attached hydrogens (tertiary/aromatic N) is 1. The number of carbonyl (C=O) groups is 1. The van der Waals surface area contributed by atoms with E-state index in [0.717, 1.165) is 10.8 Å². The number of anilines is 1. The fourth-order valence-corrected chi connectivity index (χ4v) is 2.69. The molecule has 1 amide bonds. The number of benzene rings is 3. The largest absolute Gasteiger partial charge is 0.483 e. The van der Waals surface area contributed by atoms with E-state index in [9.17, 15) is 4.79 Å². The molecule has 3 rings (SSSR count). The molecule has 0 heterocycles. The molecule has 128 valence electrons. The predicted octanol–water partition coefficient (Wildman–Crippen LogP) is 3.60. The fourth-order valence-electron chi connectivity index (χ4n) is 2.46. The van der Waals surface area contributed by atoms with Gasteiger partial charge >= 0.3 is 0 Å². The molecule has 0 bridgehead atoms. The maximum atomic E-state index is 12.1. The molecule has 3 aromatic carbocycles. The Morgan fingerprint density at radius 3 is 2.69 bits per heavy atom. The number of nitrogens with one attached hydrogen (secondary N) is 2. The summed E-state index contributed by atoms with van der Waals surface area (Å²) in [7, 11) is 0. The monoisotopic (exact) mass is 361 g/mol. The number of hydrogen-bond acceptors (Lipinski definition) is 4. The zero-order valence-corrected chi connectivity index (χ0v) is 14.5. The summed E-state index contributed by atoms with van der Waals surface area (Å²) in [6.07, 6.45) is 0. The van der Waals surface area contributed by atoms with Gasteiger partial charge in [0.15, 0.2) is 11.7 Å². The minimum Gasteiger partial charge on any atom is -0.483 e. The van der Waals surface area contributed by atoms with Crippen LogP contribution in [0.1, 0.15) is 5.56 Å². The third-order valence-electron chi connectivity index (χ3n) is 3.61. The van der Waals surface area contributed by atoms with Crippen LogP contribution in [-0.4, -0.2) is 17.6 Å². The molecule has 0 aromatic heterocycles. The van der Waals surface area contributed by atoms with Crippen LogP contribution in [0, 0.1) is 11.3 Å². The molecule has 0 atom stereocenters. The highest BCUT2D eigenvalue weighted by Gasteiger charge is 2.08. The van der Waals surface area contributed by atoms with E-state index in [1.165, 1.54) is 0 Å². The van der Waals surface area contributed by atoms with E-state index in [0.29, 0.717) is 17.0 Å². The Labute approximate surface area is 156 Å². The van der Waals surface area contributed by atoms with E-state index in [1.807, 2.05) is 48.5 Å². The number of rotatable bonds is 4. The molecule has 6 heteroatoms. The molecule has 0 fully saturated rings. The van der Waals surface area contributed by atoms with Gasteiger partial charge in [0.1, 0.15) is 5.75 Å². The van der Waals surface area contributed by atoms with E-state index in [4.69, 9.17) is 22.2 Å². The van der Waals surface area contributed by atoms with Crippen LogP contribution in [0.2, 0.25) is 0 Å². The second kappa shape index (κ2) is 8.10. The molecular weight excluding hydrogens is 346 g/mol. The van der Waals surface area contributed by atoms with Gasteiger partial charge in [-0.25, -0.2) is 0 Å². The van der Waals surface area contributed by atoms with Gasteiger partial charge in [0, 0.05) is 11.1 Å². The lowest BCUT2D eigenvalue weighted by Gasteiger charge is -2.11. The second-order valence-corrected chi connectivity index (χ2v) is 5.87. The first kappa shape index (κ1) is 17.4. The number of ether oxygens (including phenoxy) is 1. The lowest BCUT2D eigenvalue weighted by Crippen LogP contribution is -2.37. The third-order valence-corrected chi connectivity index (χ3v) is 3.82. The van der Waals surface area contributed by atoms with Gasteiger partial charge in [0.2, 0.25) is 0 Å². The van der Waals surface area contributed by atoms with E-state index in [1.54, 1.807) is 24.3 Å². The Kier molecular flexibility index (Phi) is 5.42. The topological polar surface area (TPSA) is 74.2 Å². The van der Waals surface area contributed by atoms with Crippen molar-refractivity contribution in [3.63, 3.8) is 0 Å². The molecule has 0 saturated heterocycles. The van der Waals surface area contributed by atoms with Crippen molar-refractivity contribution in [3.8, 4) is 11.8 Å². The zero-order chi connectivity index (χ0) is 18.4. The van der Waals surface area contributed by atoms with E-state index >= 15 is 0 Å². The van der Waals surface area contributed by atoms with Crippen LogP contribution in [-0.2, 0) is 4.79 Å². The van der Waals surface area contributed by atoms with Crippen LogP contribution in [0.5, 0.6) is 5.75 Å². The Bertz CT molecular complexity index is 1010. The zero-order valence-electron chi connectivity index (χ0n) is 13.7. The summed E-state index contributed by atoms with van der Waals surface area (Å²) in [5.74, 6) is 0.269. The van der Waals surface area contributed by atoms with E-state index in [-0.39, 0.29) is 17.6 Å². The highest BCUT2D eigenvalue weighted by Crippen LogP contribution is 2.24. The lowest BCUT2D eigenvalue weighted by atomic mass is 10.1. The van der Waals surface area contributed by atoms with Crippen molar-refractivity contribution < 1.29 is 9.53 Å². The quantitative estimate of drug-likeness (QED) is 0.695. The summed E-state index contributed by atoms with van der Waals surface area (Å²) in [4.78, 5) is 12.1. The van der Waals surface area contributed by atoms with Crippen molar-refractivity contribution in [2.75, 3.05) is 11.9 Å². The van der Waals surface area contributed by atoms with Crippen LogP contribution in [0.4, 0.5) is 5.69 Å². The Morgan fingerprint density at radius 2 is 1.85 bits per heavy atom. The van der Waals surface area contributed by atoms with Crippen molar-refractivity contribution in [3.05, 3.63) is 72.3 Å². The minimum atomic E-state index is -0.369. The third kappa shape index (κ3) is 4.35. The average molecular weight is 361 g/mol. The number of nitriles is 1. The summed E-state index contributed by atoms with van der Waals surface area (Å²) >= 11 is 5.12. The smallest absolute Gasteiger partial charge is 0.264 e. The first-order valence-corrected chi connectivity index (χ1v) is 8.28. The van der Waals surface area contributed by atoms with Gasteiger partial charge in [-0.2, -0.15) is 5.26 Å². The SMILES string of the molecule is N#Cc1cccc(NC(=S)NC(=O)COc2cccc3ccccc23)c1. The molecule has 5 nitrogen and oxygen atoms in total. The molecular formula is C20H15N3O2S. The highest BCUT2D eigenvalue weighted by atomic mass is 32.1. The van der Waals surface area contributed by atoms with Gasteiger partial charge < -0.3 is 10.1 Å². The van der Waals surface area contributed by atoms with E-state index in [2.05, 4.69) is 10.6 Å². The molecule has 0 aliphatic rings. The predicted molar refractivity (Wildman–Crippen MR) is 105 cm³/mol. The summed E-state index contributed by atoms with van der Waals surface area (Å²) < 4.78 is 5.63. The van der Waals surface area contributed by atoms with Crippen LogP contribution in [0.25, 0.3) is 10.8 Å². The molecule has 0 spiro atoms. The molecule has 0 radical (unpaired) electrons. The molecule has 0 saturated carbocycles. The van der Waals surface area contributed by atoms with Crippen LogP contribution < -0.4 is 15.4 Å². The molecule has 2 N–H and O–H groups in total. The van der Waals surface area contributed by atoms with Gasteiger partial charge in [0.05, 0.1) is 11.6 Å². The summed E-state index contributed by atoms with van der Waals surface area (Å²) in [5, 5.41) is 16.5. The van der Waals surface area contributed by atoms with Gasteiger partial charge in [0.25, 0.3) is 5.91 Å². The van der Waals surface area contributed by atoms with Gasteiger partial charge in [-0.3, -0.25) is 10.1 Å². The number of carbonyl (C=O) groups excluding carboxylic acids is 1. The molecule has 0 aliphatic carbocycles. The number of fused-ring (bicyclic) bond motifs is 1. The maximum absolute atomic E-state index is 12.1. The molecule has 3 aromatic rings. The van der Waals surface area contributed by atoms with Crippen LogP contribution in [0.15, 0.2) is 66.7 Å². The Hall–Kier alpha value is -3.43. The van der Waals surface area contributed by atoms with Crippen LogP contribution >= 0.6 is 12.2 Å². The summed E-state index contributed by atoms with van der Waals surface area (Å²) in [6.45, 7) is -0.159. The van der Waals surface area contributed by atoms with E-state index < -0.39 is 0 Å². The number of amides is 1. The van der Waals surface area contributed by atoms with Crippen LogP contribution in [0.3, 0.4) is 0 Å². The van der Waals surface area contributed by atoms with Crippen molar-refractivity contribution in [1.29, 1.82) is 5.26 Å². The molecule has 26 heavy (non-hydrogen) atoms. The fraction of sp³-hybridized carbons (Fsp3) is 0.0500. The van der Waals surface area contributed by atoms with Gasteiger partial charge in [-0.15, -0.1) is 0 Å². The Morgan fingerprint density at radius 1 is 1.08 bits per heavy atom. The van der Waals surface area contributed by atoms with Gasteiger partial charge in [-0.1, -0.05) is 42.5 Å². The first-order valence-electron chi connectivity index (χ1n) is 7.87. The molecule has 0 unspecified atom stereocenters. The second-order valence-electron chi connectivity index (χ2n) is 5.46. The van der Waals surface area contributed by atoms with Crippen molar-refractivity contribution in [2.45, 2.75) is 0 Å². The number of hydrogen-bond donors (Lipinski definition) is 2. The van der Waals surface area contributed by atoms with Crippen molar-refractivity contribution >= 4 is 39.7 Å². The standard InChI is InChI=1S/C20H15N3O2S/c21-12-14-5-3-8-16(11-14)22-20(26)23-19(24)13-25-18-10-4-7-15-6-1-2-9-17(15)18/h1-11H,13H2,(H2,22,23,24,26). The summed E-state index contributed by atoms with van der Waals surface area (Å²) in [5.41, 5.74) is 1.13. The highest BCUT2D eigenvalue weighted by molar-refractivity contribution is 7.80. The Balaban J connectivity index is 1.56. The first-order chi connectivity index (χ1) is 12.7.